The number of para-hydroxylation sites is 2. The number of benzodiazepines with no additional fused rings is 2. The normalized spacial score (nSPS) is 16.9. The van der Waals surface area contributed by atoms with Gasteiger partial charge < -0.3 is 26.0 Å². The van der Waals surface area contributed by atoms with Gasteiger partial charge in [-0.2, -0.15) is 0 Å². The van der Waals surface area contributed by atoms with Crippen LogP contribution < -0.4 is 20.9 Å². The van der Waals surface area contributed by atoms with Crippen LogP contribution in [0.2, 0.25) is 0 Å². The average molecular weight is 761 g/mol. The van der Waals surface area contributed by atoms with Crippen molar-refractivity contribution in [1.29, 1.82) is 0 Å². The molecule has 0 fully saturated rings. The number of hydrogen-bond donors (Lipinski definition) is 3. The van der Waals surface area contributed by atoms with E-state index in [0.29, 0.717) is 5.71 Å². The van der Waals surface area contributed by atoms with Crippen LogP contribution >= 0.6 is 0 Å². The number of amides is 3. The molecule has 4 atom stereocenters. The van der Waals surface area contributed by atoms with Crippen LogP contribution in [0.5, 0.6) is 0 Å². The number of carboxylic acids is 1. The number of rotatable bonds is 9. The maximum atomic E-state index is 13.0. The second-order valence-electron chi connectivity index (χ2n) is 13.6. The number of nitrogens with two attached hydrogens (primary N) is 1. The Morgan fingerprint density at radius 3 is 1.54 bits per heavy atom. The Morgan fingerprint density at radius 2 is 1.09 bits per heavy atom. The topological polar surface area (TPSA) is 158 Å². The average Bonchev–Trinajstić information content (AvgIpc) is 3.37. The van der Waals surface area contributed by atoms with Crippen molar-refractivity contribution in [3.63, 3.8) is 0 Å². The molecule has 4 aromatic rings. The zero-order chi connectivity index (χ0) is 40.1. The summed E-state index contributed by atoms with van der Waals surface area (Å²) in [6, 6.07) is 34.9. The van der Waals surface area contributed by atoms with Crippen molar-refractivity contribution in [1.82, 2.24) is 5.32 Å². The number of nitrogens with one attached hydrogen (secondary N) is 1. The number of aliphatic imine (C=N–C) groups is 2. The first-order valence-corrected chi connectivity index (χ1v) is 18.7. The first-order valence-electron chi connectivity index (χ1n) is 18.7. The molecule has 2 unspecified atom stereocenters. The molecule has 3 amide bonds. The number of aliphatic carboxylic acids is 1. The lowest BCUT2D eigenvalue weighted by Crippen LogP contribution is -2.47. The van der Waals surface area contributed by atoms with Crippen LogP contribution in [0.25, 0.3) is 0 Å². The van der Waals surface area contributed by atoms with Crippen LogP contribution in [0, 0.1) is 11.8 Å². The van der Waals surface area contributed by atoms with Crippen LogP contribution in [-0.4, -0.2) is 66.6 Å². The maximum Gasteiger partial charge on any atom is 0.306 e. The molecule has 0 aromatic heterocycles. The van der Waals surface area contributed by atoms with Crippen molar-refractivity contribution in [2.45, 2.75) is 73.1 Å². The molecule has 6 rings (SSSR count). The molecule has 0 bridgehead atoms. The van der Waals surface area contributed by atoms with Gasteiger partial charge in [0.2, 0.25) is 12.1 Å². The van der Waals surface area contributed by atoms with E-state index in [1.54, 1.807) is 30.8 Å². The van der Waals surface area contributed by atoms with Crippen LogP contribution in [0.15, 0.2) is 119 Å². The smallest absolute Gasteiger partial charge is 0.306 e. The molecule has 2 aliphatic heterocycles. The third kappa shape index (κ3) is 11.1. The lowest BCUT2D eigenvalue weighted by Gasteiger charge is -2.21. The Morgan fingerprint density at radius 1 is 0.679 bits per heavy atom. The fourth-order valence-corrected chi connectivity index (χ4v) is 6.21. The van der Waals surface area contributed by atoms with Gasteiger partial charge in [-0.05, 0) is 25.0 Å². The molecule has 11 heteroatoms. The SMILES string of the molecule is C.CCCC(C)C(=O)N[C@H]1N=C(c2ccccc2)c2ccccc2N(C)C1=O.CCCC(C)C(=O)O.CN1C(=O)[C@@H](N)N=C(c2ccccc2)c2ccccc21. The van der Waals surface area contributed by atoms with Crippen molar-refractivity contribution in [3.05, 3.63) is 131 Å². The standard InChI is InChI=1S/C22H25N3O2.C16H15N3O.C6H12O2.CH4/c1-4-10-15(2)21(26)24-20-22(27)25(3)18-14-9-8-13-17(18)19(23-20)16-11-6-5-7-12-16;1-19-13-10-6-5-9-12(13)14(18-15(17)16(19)20)11-7-3-2-4-8-11;1-3-4-5(2)6(7)8;/h5-9,11-15,20H,4,10H2,1-3H3,(H,24,26);2-10,15H,17H2,1H3;5H,3-4H2,1-2H3,(H,7,8);1H4/t15?,20-;15-;;/m10../s1. The predicted octanol–water partition coefficient (Wildman–Crippen LogP) is 7.31. The molecule has 0 radical (unpaired) electrons. The minimum Gasteiger partial charge on any atom is -0.481 e. The molecule has 56 heavy (non-hydrogen) atoms. The van der Waals surface area contributed by atoms with E-state index >= 15 is 0 Å². The molecule has 2 heterocycles. The van der Waals surface area contributed by atoms with Crippen molar-refractivity contribution in [3.8, 4) is 0 Å². The molecular formula is C45H56N6O5. The number of carbonyl (C=O) groups excluding carboxylic acids is 3. The number of carboxylic acid groups (broad SMARTS) is 1. The molecular weight excluding hydrogens is 705 g/mol. The molecule has 296 valence electrons. The van der Waals surface area contributed by atoms with Crippen molar-refractivity contribution in [2.75, 3.05) is 23.9 Å². The Hall–Kier alpha value is -5.94. The maximum absolute atomic E-state index is 13.0. The second kappa shape index (κ2) is 21.2. The van der Waals surface area contributed by atoms with Gasteiger partial charge in [-0.25, -0.2) is 4.99 Å². The van der Waals surface area contributed by atoms with E-state index in [9.17, 15) is 19.2 Å². The molecule has 11 nitrogen and oxygen atoms in total. The van der Waals surface area contributed by atoms with Gasteiger partial charge in [0.15, 0.2) is 6.17 Å². The fraction of sp³-hybridized carbons (Fsp3) is 0.333. The van der Waals surface area contributed by atoms with Crippen molar-refractivity contribution >= 4 is 46.5 Å². The van der Waals surface area contributed by atoms with E-state index in [1.807, 2.05) is 130 Å². The summed E-state index contributed by atoms with van der Waals surface area (Å²) in [4.78, 5) is 60.1. The monoisotopic (exact) mass is 760 g/mol. The first-order chi connectivity index (χ1) is 26.4. The minimum absolute atomic E-state index is 0. The number of carbonyl (C=O) groups is 4. The van der Waals surface area contributed by atoms with Gasteiger partial charge in [-0.15, -0.1) is 0 Å². The molecule has 4 aromatic carbocycles. The zero-order valence-electron chi connectivity index (χ0n) is 32.5. The third-order valence-corrected chi connectivity index (χ3v) is 9.40. The number of hydrogen-bond acceptors (Lipinski definition) is 7. The van der Waals surface area contributed by atoms with Gasteiger partial charge in [0.05, 0.1) is 28.7 Å². The lowest BCUT2D eigenvalue weighted by molar-refractivity contribution is -0.141. The van der Waals surface area contributed by atoms with Gasteiger partial charge in [-0.1, -0.05) is 145 Å². The highest BCUT2D eigenvalue weighted by molar-refractivity contribution is 6.21. The summed E-state index contributed by atoms with van der Waals surface area (Å²) in [6.07, 6.45) is 1.62. The highest BCUT2D eigenvalue weighted by atomic mass is 16.4. The summed E-state index contributed by atoms with van der Waals surface area (Å²) < 4.78 is 0. The van der Waals surface area contributed by atoms with Gasteiger partial charge in [0, 0.05) is 42.3 Å². The summed E-state index contributed by atoms with van der Waals surface area (Å²) in [5, 5.41) is 11.2. The van der Waals surface area contributed by atoms with Gasteiger partial charge >= 0.3 is 5.97 Å². The predicted molar refractivity (Wildman–Crippen MR) is 226 cm³/mol. The zero-order valence-corrected chi connectivity index (χ0v) is 32.5. The number of nitrogens with zero attached hydrogens (tertiary/aromatic N) is 4. The van der Waals surface area contributed by atoms with E-state index in [1.165, 1.54) is 0 Å². The van der Waals surface area contributed by atoms with Crippen LogP contribution in [0.3, 0.4) is 0 Å². The van der Waals surface area contributed by atoms with Crippen molar-refractivity contribution in [2.24, 2.45) is 27.6 Å². The molecule has 0 aliphatic carbocycles. The third-order valence-electron chi connectivity index (χ3n) is 9.40. The Kier molecular flexibility index (Phi) is 16.9. The number of anilines is 2. The first kappa shape index (κ1) is 44.5. The molecule has 0 saturated heterocycles. The summed E-state index contributed by atoms with van der Waals surface area (Å²) in [5.74, 6) is -1.61. The van der Waals surface area contributed by atoms with Gasteiger partial charge in [0.1, 0.15) is 0 Å². The molecule has 4 N–H and O–H groups in total. The van der Waals surface area contributed by atoms with Crippen LogP contribution in [0.4, 0.5) is 11.4 Å². The van der Waals surface area contributed by atoms with Crippen LogP contribution in [-0.2, 0) is 19.2 Å². The largest absolute Gasteiger partial charge is 0.481 e. The van der Waals surface area contributed by atoms with E-state index in [4.69, 9.17) is 15.8 Å². The summed E-state index contributed by atoms with van der Waals surface area (Å²) in [5.41, 5.74) is 12.6. The van der Waals surface area contributed by atoms with Gasteiger partial charge in [-0.3, -0.25) is 24.2 Å². The van der Waals surface area contributed by atoms with E-state index < -0.39 is 18.3 Å². The fourth-order valence-electron chi connectivity index (χ4n) is 6.21. The highest BCUT2D eigenvalue weighted by Gasteiger charge is 2.32. The molecule has 2 aliphatic rings. The second-order valence-corrected chi connectivity index (χ2v) is 13.6. The summed E-state index contributed by atoms with van der Waals surface area (Å²) in [6.45, 7) is 7.63. The highest BCUT2D eigenvalue weighted by Crippen LogP contribution is 2.28. The number of likely N-dealkylation sites (N-methyl/N-ethyl adjacent to an activating group) is 2. The summed E-state index contributed by atoms with van der Waals surface area (Å²) in [7, 11) is 3.45. The minimum atomic E-state index is -0.940. The summed E-state index contributed by atoms with van der Waals surface area (Å²) >= 11 is 0. The molecule has 0 spiro atoms. The Bertz CT molecular complexity index is 2000. The number of benzene rings is 4. The molecule has 0 saturated carbocycles. The van der Waals surface area contributed by atoms with Crippen molar-refractivity contribution < 1.29 is 24.3 Å². The quantitative estimate of drug-likeness (QED) is 0.162. The Labute approximate surface area is 331 Å². The Balaban J connectivity index is 0.000000255. The van der Waals surface area contributed by atoms with E-state index in [-0.39, 0.29) is 37.0 Å². The van der Waals surface area contributed by atoms with Gasteiger partial charge in [0.25, 0.3) is 11.8 Å². The van der Waals surface area contributed by atoms with E-state index in [0.717, 1.165) is 65.0 Å². The lowest BCUT2D eigenvalue weighted by atomic mass is 10.0. The number of fused-ring (bicyclic) bond motifs is 2. The van der Waals surface area contributed by atoms with Crippen LogP contribution in [0.1, 0.15) is 83.1 Å². The van der Waals surface area contributed by atoms with E-state index in [2.05, 4.69) is 10.3 Å².